The summed E-state index contributed by atoms with van der Waals surface area (Å²) in [7, 11) is 0. The summed E-state index contributed by atoms with van der Waals surface area (Å²) < 4.78 is 0. The van der Waals surface area contributed by atoms with Gasteiger partial charge in [-0.2, -0.15) is 0 Å². The lowest BCUT2D eigenvalue weighted by atomic mass is 10.2. The van der Waals surface area contributed by atoms with Crippen LogP contribution in [0.2, 0.25) is 5.02 Å². The normalized spacial score (nSPS) is 9.78. The van der Waals surface area contributed by atoms with E-state index in [-0.39, 0.29) is 5.91 Å². The Morgan fingerprint density at radius 3 is 2.57 bits per heavy atom. The zero-order valence-electron chi connectivity index (χ0n) is 11.9. The number of benzene rings is 2. The third-order valence-electron chi connectivity index (χ3n) is 2.95. The number of thiazole rings is 1. The highest BCUT2D eigenvalue weighted by atomic mass is 35.5. The molecule has 0 radical (unpaired) electrons. The predicted molar refractivity (Wildman–Crippen MR) is 93.9 cm³/mol. The van der Waals surface area contributed by atoms with Crippen molar-refractivity contribution in [3.8, 4) is 11.8 Å². The standard InChI is InChI=1S/C18H11ClN2OS/c19-14-8-4-5-9-15(14)21-18(22)16-12-23-17(20-16)11-10-13-6-2-1-3-7-13/h1-9,12H,(H,21,22). The van der Waals surface area contributed by atoms with Crippen LogP contribution < -0.4 is 5.32 Å². The molecule has 112 valence electrons. The van der Waals surface area contributed by atoms with E-state index in [1.807, 2.05) is 30.3 Å². The van der Waals surface area contributed by atoms with Gasteiger partial charge in [-0.25, -0.2) is 4.98 Å². The molecular weight excluding hydrogens is 328 g/mol. The molecule has 1 aromatic heterocycles. The number of hydrogen-bond donors (Lipinski definition) is 1. The van der Waals surface area contributed by atoms with Gasteiger partial charge in [-0.05, 0) is 30.2 Å². The lowest BCUT2D eigenvalue weighted by Gasteiger charge is -2.04. The predicted octanol–water partition coefficient (Wildman–Crippen LogP) is 4.45. The van der Waals surface area contributed by atoms with Crippen molar-refractivity contribution < 1.29 is 4.79 Å². The molecule has 0 aliphatic carbocycles. The van der Waals surface area contributed by atoms with Crippen molar-refractivity contribution >= 4 is 34.5 Å². The zero-order chi connectivity index (χ0) is 16.1. The van der Waals surface area contributed by atoms with E-state index in [9.17, 15) is 4.79 Å². The van der Waals surface area contributed by atoms with E-state index >= 15 is 0 Å². The van der Waals surface area contributed by atoms with Gasteiger partial charge < -0.3 is 5.32 Å². The fourth-order valence-electron chi connectivity index (χ4n) is 1.83. The maximum atomic E-state index is 12.2. The first-order valence-corrected chi connectivity index (χ1v) is 8.06. The molecule has 0 aliphatic rings. The van der Waals surface area contributed by atoms with Crippen molar-refractivity contribution in [1.29, 1.82) is 0 Å². The first-order chi connectivity index (χ1) is 11.2. The Bertz CT molecular complexity index is 894. The summed E-state index contributed by atoms with van der Waals surface area (Å²) in [5.41, 5.74) is 1.79. The van der Waals surface area contributed by atoms with E-state index in [1.54, 1.807) is 29.6 Å². The van der Waals surface area contributed by atoms with Crippen LogP contribution >= 0.6 is 22.9 Å². The van der Waals surface area contributed by atoms with Crippen molar-refractivity contribution in [2.75, 3.05) is 5.32 Å². The van der Waals surface area contributed by atoms with E-state index in [0.29, 0.717) is 21.4 Å². The molecule has 3 nitrogen and oxygen atoms in total. The van der Waals surface area contributed by atoms with Crippen LogP contribution in [0.15, 0.2) is 60.0 Å². The molecule has 3 rings (SSSR count). The van der Waals surface area contributed by atoms with Crippen LogP contribution in [0, 0.1) is 11.8 Å². The van der Waals surface area contributed by atoms with Gasteiger partial charge in [0.05, 0.1) is 10.7 Å². The molecule has 1 amide bonds. The molecule has 0 unspecified atom stereocenters. The molecule has 5 heteroatoms. The van der Waals surface area contributed by atoms with Gasteiger partial charge in [-0.1, -0.05) is 47.9 Å². The van der Waals surface area contributed by atoms with Crippen LogP contribution in [0.5, 0.6) is 0 Å². The summed E-state index contributed by atoms with van der Waals surface area (Å²) in [6, 6.07) is 16.7. The maximum absolute atomic E-state index is 12.2. The van der Waals surface area contributed by atoms with Gasteiger partial charge in [0.25, 0.3) is 5.91 Å². The summed E-state index contributed by atoms with van der Waals surface area (Å²) in [5.74, 6) is 5.68. The Labute approximate surface area is 143 Å². The highest BCUT2D eigenvalue weighted by Gasteiger charge is 2.11. The molecule has 0 saturated heterocycles. The van der Waals surface area contributed by atoms with E-state index < -0.39 is 0 Å². The third kappa shape index (κ3) is 3.98. The number of para-hydroxylation sites is 1. The van der Waals surface area contributed by atoms with Gasteiger partial charge in [0.1, 0.15) is 5.69 Å². The number of halogens is 1. The van der Waals surface area contributed by atoms with Crippen molar-refractivity contribution in [3.63, 3.8) is 0 Å². The molecule has 0 bridgehead atoms. The van der Waals surface area contributed by atoms with Gasteiger partial charge in [-0.3, -0.25) is 4.79 Å². The second-order valence-electron chi connectivity index (χ2n) is 4.59. The number of nitrogens with zero attached hydrogens (tertiary/aromatic N) is 1. The minimum absolute atomic E-state index is 0.304. The Kier molecular flexibility index (Phi) is 4.72. The summed E-state index contributed by atoms with van der Waals surface area (Å²) in [4.78, 5) is 16.4. The lowest BCUT2D eigenvalue weighted by molar-refractivity contribution is 0.102. The third-order valence-corrected chi connectivity index (χ3v) is 4.03. The second-order valence-corrected chi connectivity index (χ2v) is 5.85. The Morgan fingerprint density at radius 2 is 1.78 bits per heavy atom. The largest absolute Gasteiger partial charge is 0.319 e. The highest BCUT2D eigenvalue weighted by Crippen LogP contribution is 2.21. The average Bonchev–Trinajstić information content (AvgIpc) is 3.05. The number of nitrogens with one attached hydrogen (secondary N) is 1. The minimum Gasteiger partial charge on any atom is -0.319 e. The van der Waals surface area contributed by atoms with Crippen LogP contribution in [0.1, 0.15) is 21.1 Å². The second kappa shape index (κ2) is 7.10. The summed E-state index contributed by atoms with van der Waals surface area (Å²) in [6.45, 7) is 0. The molecule has 0 atom stereocenters. The summed E-state index contributed by atoms with van der Waals surface area (Å²) in [6.07, 6.45) is 0. The van der Waals surface area contributed by atoms with Gasteiger partial charge in [0, 0.05) is 10.9 Å². The molecule has 0 aliphatic heterocycles. The van der Waals surface area contributed by atoms with Gasteiger partial charge in [0.15, 0.2) is 5.01 Å². The van der Waals surface area contributed by atoms with Crippen LogP contribution in [0.4, 0.5) is 5.69 Å². The number of hydrogen-bond acceptors (Lipinski definition) is 3. The van der Waals surface area contributed by atoms with Crippen LogP contribution in [0.3, 0.4) is 0 Å². The number of aromatic nitrogens is 1. The highest BCUT2D eigenvalue weighted by molar-refractivity contribution is 7.10. The lowest BCUT2D eigenvalue weighted by Crippen LogP contribution is -2.12. The molecule has 0 fully saturated rings. The van der Waals surface area contributed by atoms with E-state index in [2.05, 4.69) is 22.1 Å². The van der Waals surface area contributed by atoms with Crippen LogP contribution in [0.25, 0.3) is 0 Å². The monoisotopic (exact) mass is 338 g/mol. The van der Waals surface area contributed by atoms with Gasteiger partial charge >= 0.3 is 0 Å². The molecule has 3 aromatic rings. The zero-order valence-corrected chi connectivity index (χ0v) is 13.5. The van der Waals surface area contributed by atoms with Crippen LogP contribution in [-0.4, -0.2) is 10.9 Å². The molecule has 0 saturated carbocycles. The maximum Gasteiger partial charge on any atom is 0.275 e. The SMILES string of the molecule is O=C(Nc1ccccc1Cl)c1csc(C#Cc2ccccc2)n1. The molecule has 0 spiro atoms. The summed E-state index contributed by atoms with van der Waals surface area (Å²) in [5, 5.41) is 5.50. The van der Waals surface area contributed by atoms with Crippen molar-refractivity contribution in [3.05, 3.63) is 81.3 Å². The van der Waals surface area contributed by atoms with Gasteiger partial charge in [0.2, 0.25) is 0 Å². The summed E-state index contributed by atoms with van der Waals surface area (Å²) >= 11 is 7.36. The number of anilines is 1. The number of amides is 1. The van der Waals surface area contributed by atoms with Crippen molar-refractivity contribution in [1.82, 2.24) is 4.98 Å². The molecule has 2 aromatic carbocycles. The van der Waals surface area contributed by atoms with Gasteiger partial charge in [-0.15, -0.1) is 11.3 Å². The average molecular weight is 339 g/mol. The smallest absolute Gasteiger partial charge is 0.275 e. The fraction of sp³-hybridized carbons (Fsp3) is 0. The Hall–Kier alpha value is -2.61. The molecule has 1 heterocycles. The molecular formula is C18H11ClN2OS. The van der Waals surface area contributed by atoms with Crippen molar-refractivity contribution in [2.24, 2.45) is 0 Å². The van der Waals surface area contributed by atoms with Crippen molar-refractivity contribution in [2.45, 2.75) is 0 Å². The van der Waals surface area contributed by atoms with E-state index in [1.165, 1.54) is 11.3 Å². The number of rotatable bonds is 2. The number of carbonyl (C=O) groups excluding carboxylic acids is 1. The topological polar surface area (TPSA) is 42.0 Å². The Balaban J connectivity index is 1.73. The molecule has 23 heavy (non-hydrogen) atoms. The van der Waals surface area contributed by atoms with Crippen LogP contribution in [-0.2, 0) is 0 Å². The molecule has 1 N–H and O–H groups in total. The first kappa shape index (κ1) is 15.3. The number of carbonyl (C=O) groups is 1. The van der Waals surface area contributed by atoms with E-state index in [0.717, 1.165) is 5.56 Å². The minimum atomic E-state index is -0.304. The fourth-order valence-corrected chi connectivity index (χ4v) is 2.66. The first-order valence-electron chi connectivity index (χ1n) is 6.81. The van der Waals surface area contributed by atoms with E-state index in [4.69, 9.17) is 11.6 Å². The quantitative estimate of drug-likeness (QED) is 0.701. The Morgan fingerprint density at radius 1 is 1.04 bits per heavy atom.